The molecule has 0 spiro atoms. The largest absolute Gasteiger partial charge is 0.482 e. The summed E-state index contributed by atoms with van der Waals surface area (Å²) in [5.74, 6) is 0.216. The number of hydrogen-bond acceptors (Lipinski definition) is 7. The molecule has 1 saturated heterocycles. The maximum atomic E-state index is 13.3. The van der Waals surface area contributed by atoms with Crippen molar-refractivity contribution in [2.75, 3.05) is 33.3 Å². The molecular weight excluding hydrogens is 455 g/mol. The summed E-state index contributed by atoms with van der Waals surface area (Å²) in [5.41, 5.74) is 0.336. The lowest BCUT2D eigenvalue weighted by Gasteiger charge is -2.34. The third-order valence-electron chi connectivity index (χ3n) is 5.99. The van der Waals surface area contributed by atoms with E-state index in [9.17, 15) is 18.8 Å². The molecule has 1 aromatic carbocycles. The van der Waals surface area contributed by atoms with Gasteiger partial charge in [-0.25, -0.2) is 4.39 Å². The molecule has 2 heterocycles. The number of ether oxygens (including phenoxy) is 2. The molecule has 1 aliphatic rings. The van der Waals surface area contributed by atoms with Crippen molar-refractivity contribution in [2.24, 2.45) is 0 Å². The zero-order chi connectivity index (χ0) is 25.0. The lowest BCUT2D eigenvalue weighted by atomic mass is 10.1. The Labute approximate surface area is 204 Å². The number of methoxy groups -OCH3 is 1. The predicted octanol–water partition coefficient (Wildman–Crippen LogP) is 3.52. The van der Waals surface area contributed by atoms with Crippen LogP contribution in [0.25, 0.3) is 0 Å². The highest BCUT2D eigenvalue weighted by Crippen LogP contribution is 2.14. The molecule has 0 radical (unpaired) electrons. The van der Waals surface area contributed by atoms with E-state index in [4.69, 9.17) is 9.15 Å². The van der Waals surface area contributed by atoms with Crippen molar-refractivity contribution in [3.8, 4) is 5.75 Å². The number of benzene rings is 1. The molecule has 1 aliphatic heterocycles. The molecular formula is C26H33FN2O6. The van der Waals surface area contributed by atoms with Crippen LogP contribution in [0.5, 0.6) is 5.75 Å². The third kappa shape index (κ3) is 8.83. The van der Waals surface area contributed by atoms with Gasteiger partial charge >= 0.3 is 5.97 Å². The molecule has 1 fully saturated rings. The van der Waals surface area contributed by atoms with Crippen LogP contribution in [0.2, 0.25) is 0 Å². The highest BCUT2D eigenvalue weighted by Gasteiger charge is 2.21. The van der Waals surface area contributed by atoms with Crippen molar-refractivity contribution in [2.45, 2.75) is 51.7 Å². The van der Waals surface area contributed by atoms with Gasteiger partial charge in [-0.15, -0.1) is 0 Å². The Morgan fingerprint density at radius 2 is 1.77 bits per heavy atom. The van der Waals surface area contributed by atoms with Crippen LogP contribution in [0.1, 0.15) is 49.8 Å². The molecule has 3 rings (SSSR count). The van der Waals surface area contributed by atoms with Crippen LogP contribution >= 0.6 is 0 Å². The number of halogens is 1. The topological polar surface area (TPSA) is 89.3 Å². The van der Waals surface area contributed by atoms with Crippen LogP contribution in [0, 0.1) is 5.82 Å². The molecule has 35 heavy (non-hydrogen) atoms. The SMILES string of the molecule is COC(=O)CCCCCCC(=O)N1CCN(Cc2cc(=O)c(OCc3cccc(F)c3)co2)CC1. The summed E-state index contributed by atoms with van der Waals surface area (Å²) in [6.07, 6.45) is 5.68. The minimum absolute atomic E-state index is 0.0747. The minimum atomic E-state index is -0.359. The molecule has 0 atom stereocenters. The van der Waals surface area contributed by atoms with Crippen LogP contribution in [0.15, 0.2) is 45.8 Å². The number of carbonyl (C=O) groups excluding carboxylic acids is 2. The number of piperazine rings is 1. The summed E-state index contributed by atoms with van der Waals surface area (Å²) in [6.45, 7) is 3.23. The van der Waals surface area contributed by atoms with E-state index in [1.165, 1.54) is 31.6 Å². The number of amides is 1. The lowest BCUT2D eigenvalue weighted by Crippen LogP contribution is -2.48. The summed E-state index contributed by atoms with van der Waals surface area (Å²) in [6, 6.07) is 7.42. The molecule has 1 aromatic heterocycles. The second-order valence-electron chi connectivity index (χ2n) is 8.64. The molecule has 0 N–H and O–H groups in total. The molecule has 8 nitrogen and oxygen atoms in total. The molecule has 0 saturated carbocycles. The third-order valence-corrected chi connectivity index (χ3v) is 5.99. The second-order valence-corrected chi connectivity index (χ2v) is 8.64. The Morgan fingerprint density at radius 1 is 1.03 bits per heavy atom. The number of esters is 1. The molecule has 2 aromatic rings. The van der Waals surface area contributed by atoms with E-state index >= 15 is 0 Å². The van der Waals surface area contributed by atoms with E-state index in [1.807, 2.05) is 4.90 Å². The zero-order valence-corrected chi connectivity index (χ0v) is 20.2. The maximum absolute atomic E-state index is 13.3. The molecule has 1 amide bonds. The first-order valence-electron chi connectivity index (χ1n) is 12.0. The standard InChI is InChI=1S/C26H33FN2O6/c1-33-26(32)10-5-3-2-4-9-25(31)29-13-11-28(12-14-29)17-22-16-23(30)24(19-34-22)35-18-20-7-6-8-21(27)15-20/h6-8,15-16,19H,2-5,9-14,17-18H2,1H3. The van der Waals surface area contributed by atoms with Crippen LogP contribution in [-0.4, -0.2) is 55.0 Å². The number of rotatable bonds is 12. The first-order valence-corrected chi connectivity index (χ1v) is 12.0. The van der Waals surface area contributed by atoms with Crippen LogP contribution in [0.4, 0.5) is 4.39 Å². The van der Waals surface area contributed by atoms with Crippen molar-refractivity contribution in [1.82, 2.24) is 9.80 Å². The summed E-state index contributed by atoms with van der Waals surface area (Å²) in [4.78, 5) is 39.9. The number of carbonyl (C=O) groups is 2. The van der Waals surface area contributed by atoms with Gasteiger partial charge in [-0.05, 0) is 30.5 Å². The van der Waals surface area contributed by atoms with Gasteiger partial charge in [0, 0.05) is 45.1 Å². The van der Waals surface area contributed by atoms with Gasteiger partial charge in [0.2, 0.25) is 17.1 Å². The smallest absolute Gasteiger partial charge is 0.305 e. The molecule has 9 heteroatoms. The van der Waals surface area contributed by atoms with Gasteiger partial charge in [-0.2, -0.15) is 0 Å². The van der Waals surface area contributed by atoms with Gasteiger partial charge < -0.3 is 18.8 Å². The lowest BCUT2D eigenvalue weighted by molar-refractivity contribution is -0.140. The van der Waals surface area contributed by atoms with Gasteiger partial charge in [-0.3, -0.25) is 19.3 Å². The summed E-state index contributed by atoms with van der Waals surface area (Å²) in [7, 11) is 1.39. The number of nitrogens with zero attached hydrogens (tertiary/aromatic N) is 2. The normalized spacial score (nSPS) is 14.1. The number of hydrogen-bond donors (Lipinski definition) is 0. The summed E-state index contributed by atoms with van der Waals surface area (Å²) in [5, 5.41) is 0. The van der Waals surface area contributed by atoms with Crippen molar-refractivity contribution < 1.29 is 27.9 Å². The summed E-state index contributed by atoms with van der Waals surface area (Å²) >= 11 is 0. The van der Waals surface area contributed by atoms with Crippen molar-refractivity contribution in [3.63, 3.8) is 0 Å². The molecule has 0 aliphatic carbocycles. The van der Waals surface area contributed by atoms with E-state index in [0.717, 1.165) is 25.7 Å². The van der Waals surface area contributed by atoms with Crippen LogP contribution in [0.3, 0.4) is 0 Å². The Morgan fingerprint density at radius 3 is 2.46 bits per heavy atom. The number of unbranched alkanes of at least 4 members (excludes halogenated alkanes) is 3. The first kappa shape index (κ1) is 26.4. The van der Waals surface area contributed by atoms with Gasteiger partial charge in [0.15, 0.2) is 0 Å². The zero-order valence-electron chi connectivity index (χ0n) is 20.2. The van der Waals surface area contributed by atoms with Gasteiger partial charge in [0.05, 0.1) is 13.7 Å². The van der Waals surface area contributed by atoms with E-state index in [0.29, 0.717) is 56.9 Å². The van der Waals surface area contributed by atoms with Gasteiger partial charge in [0.25, 0.3) is 0 Å². The average Bonchev–Trinajstić information content (AvgIpc) is 2.86. The fraction of sp³-hybridized carbons (Fsp3) is 0.500. The van der Waals surface area contributed by atoms with Crippen LogP contribution < -0.4 is 10.2 Å². The first-order chi connectivity index (χ1) is 16.9. The van der Waals surface area contributed by atoms with E-state index in [-0.39, 0.29) is 35.5 Å². The second kappa shape index (κ2) is 13.6. The van der Waals surface area contributed by atoms with E-state index in [2.05, 4.69) is 9.64 Å². The average molecular weight is 489 g/mol. The fourth-order valence-corrected chi connectivity index (χ4v) is 3.95. The predicted molar refractivity (Wildman–Crippen MR) is 127 cm³/mol. The Hall–Kier alpha value is -3.20. The van der Waals surface area contributed by atoms with Crippen molar-refractivity contribution in [1.29, 1.82) is 0 Å². The summed E-state index contributed by atoms with van der Waals surface area (Å²) < 4.78 is 29.0. The van der Waals surface area contributed by atoms with E-state index in [1.54, 1.807) is 12.1 Å². The molecule has 0 bridgehead atoms. The van der Waals surface area contributed by atoms with Gasteiger partial charge in [0.1, 0.15) is 24.4 Å². The van der Waals surface area contributed by atoms with Gasteiger partial charge in [-0.1, -0.05) is 25.0 Å². The highest BCUT2D eigenvalue weighted by molar-refractivity contribution is 5.76. The molecule has 190 valence electrons. The fourth-order valence-electron chi connectivity index (χ4n) is 3.95. The van der Waals surface area contributed by atoms with Crippen molar-refractivity contribution in [3.05, 3.63) is 64.0 Å². The molecule has 0 unspecified atom stereocenters. The van der Waals surface area contributed by atoms with E-state index < -0.39 is 0 Å². The minimum Gasteiger partial charge on any atom is -0.482 e. The Kier molecular flexibility index (Phi) is 10.3. The van der Waals surface area contributed by atoms with Crippen molar-refractivity contribution >= 4 is 11.9 Å². The highest BCUT2D eigenvalue weighted by atomic mass is 19.1. The monoisotopic (exact) mass is 488 g/mol. The maximum Gasteiger partial charge on any atom is 0.305 e. The quantitative estimate of drug-likeness (QED) is 0.334. The van der Waals surface area contributed by atoms with Crippen LogP contribution in [-0.2, 0) is 27.5 Å². The Balaban J connectivity index is 1.35. The Bertz CT molecular complexity index is 1030.